The molecular weight excluding hydrogens is 330 g/mol. The van der Waals surface area contributed by atoms with Crippen LogP contribution in [-0.4, -0.2) is 25.1 Å². The van der Waals surface area contributed by atoms with Gasteiger partial charge in [-0.2, -0.15) is 0 Å². The lowest BCUT2D eigenvalue weighted by Gasteiger charge is -2.25. The minimum Gasteiger partial charge on any atom is -0.495 e. The third-order valence-corrected chi connectivity index (χ3v) is 4.27. The first-order valence-corrected chi connectivity index (χ1v) is 8.48. The zero-order valence-corrected chi connectivity index (χ0v) is 15.8. The van der Waals surface area contributed by atoms with Crippen LogP contribution in [0.3, 0.4) is 0 Å². The number of esters is 1. The molecule has 0 aromatic heterocycles. The van der Waals surface area contributed by atoms with E-state index >= 15 is 0 Å². The number of carbonyl (C=O) groups is 2. The predicted octanol–water partition coefficient (Wildman–Crippen LogP) is 3.85. The van der Waals surface area contributed by atoms with E-state index in [1.807, 2.05) is 43.3 Å². The lowest BCUT2D eigenvalue weighted by Crippen LogP contribution is -2.37. The first kappa shape index (κ1) is 19.5. The van der Waals surface area contributed by atoms with Gasteiger partial charge in [0.2, 0.25) is 0 Å². The highest BCUT2D eigenvalue weighted by Gasteiger charge is 2.33. The summed E-state index contributed by atoms with van der Waals surface area (Å²) in [5.74, 6) is -0.319. The van der Waals surface area contributed by atoms with Gasteiger partial charge in [0, 0.05) is 0 Å². The monoisotopic (exact) mass is 355 g/mol. The van der Waals surface area contributed by atoms with Crippen LogP contribution < -0.4 is 10.1 Å². The molecule has 0 bridgehead atoms. The summed E-state index contributed by atoms with van der Waals surface area (Å²) in [6.07, 6.45) is -0.935. The quantitative estimate of drug-likeness (QED) is 0.800. The Bertz CT molecular complexity index is 784. The normalized spacial score (nSPS) is 12.2. The standard InChI is InChI=1S/C21H25NO4/c1-14-11-12-18(25-5)17(13-14)22-19(23)15(2)26-20(24)21(3,4)16-9-7-6-8-10-16/h6-13,15H,1-5H3,(H,22,23)/t15-/m1/s1. The molecule has 138 valence electrons. The Labute approximate surface area is 154 Å². The number of carbonyl (C=O) groups excluding carboxylic acids is 2. The summed E-state index contributed by atoms with van der Waals surface area (Å²) in [4.78, 5) is 25.0. The van der Waals surface area contributed by atoms with Crippen molar-refractivity contribution in [3.8, 4) is 5.75 Å². The van der Waals surface area contributed by atoms with Gasteiger partial charge >= 0.3 is 5.97 Å². The summed E-state index contributed by atoms with van der Waals surface area (Å²) in [5, 5.41) is 2.76. The van der Waals surface area contributed by atoms with Crippen LogP contribution in [0.5, 0.6) is 5.75 Å². The summed E-state index contributed by atoms with van der Waals surface area (Å²) < 4.78 is 10.7. The number of hydrogen-bond donors (Lipinski definition) is 1. The van der Waals surface area contributed by atoms with Crippen molar-refractivity contribution in [3.05, 3.63) is 59.7 Å². The van der Waals surface area contributed by atoms with Crippen LogP contribution in [0.1, 0.15) is 31.9 Å². The number of methoxy groups -OCH3 is 1. The molecule has 0 aliphatic rings. The van der Waals surface area contributed by atoms with Crippen LogP contribution in [0.25, 0.3) is 0 Å². The molecule has 0 unspecified atom stereocenters. The van der Waals surface area contributed by atoms with Gasteiger partial charge in [-0.1, -0.05) is 36.4 Å². The van der Waals surface area contributed by atoms with Crippen molar-refractivity contribution >= 4 is 17.6 Å². The molecule has 2 aromatic rings. The van der Waals surface area contributed by atoms with E-state index in [2.05, 4.69) is 5.32 Å². The first-order chi connectivity index (χ1) is 12.3. The SMILES string of the molecule is COc1ccc(C)cc1NC(=O)[C@@H](C)OC(=O)C(C)(C)c1ccccc1. The van der Waals surface area contributed by atoms with Crippen molar-refractivity contribution in [1.29, 1.82) is 0 Å². The number of ether oxygens (including phenoxy) is 2. The van der Waals surface area contributed by atoms with E-state index in [4.69, 9.17) is 9.47 Å². The van der Waals surface area contributed by atoms with Crippen molar-refractivity contribution in [2.45, 2.75) is 39.2 Å². The minimum atomic E-state index is -0.935. The minimum absolute atomic E-state index is 0.411. The largest absolute Gasteiger partial charge is 0.495 e. The van der Waals surface area contributed by atoms with Crippen LogP contribution in [0.15, 0.2) is 48.5 Å². The molecule has 0 fully saturated rings. The van der Waals surface area contributed by atoms with E-state index in [1.54, 1.807) is 32.9 Å². The number of anilines is 1. The Kier molecular flexibility index (Phi) is 6.03. The number of aryl methyl sites for hydroxylation is 1. The summed E-state index contributed by atoms with van der Waals surface area (Å²) in [6, 6.07) is 14.8. The molecule has 26 heavy (non-hydrogen) atoms. The molecular formula is C21H25NO4. The molecule has 1 N–H and O–H groups in total. The van der Waals surface area contributed by atoms with Gasteiger partial charge in [-0.05, 0) is 51.0 Å². The van der Waals surface area contributed by atoms with Crippen molar-refractivity contribution in [1.82, 2.24) is 0 Å². The van der Waals surface area contributed by atoms with E-state index in [1.165, 1.54) is 7.11 Å². The fraction of sp³-hybridized carbons (Fsp3) is 0.333. The van der Waals surface area contributed by atoms with E-state index in [0.717, 1.165) is 11.1 Å². The van der Waals surface area contributed by atoms with Crippen LogP contribution in [0.4, 0.5) is 5.69 Å². The highest BCUT2D eigenvalue weighted by molar-refractivity contribution is 5.97. The molecule has 0 heterocycles. The molecule has 5 nitrogen and oxygen atoms in total. The molecule has 0 radical (unpaired) electrons. The van der Waals surface area contributed by atoms with Crippen molar-refractivity contribution in [3.63, 3.8) is 0 Å². The van der Waals surface area contributed by atoms with Crippen LogP contribution in [0, 0.1) is 6.92 Å². The third-order valence-electron chi connectivity index (χ3n) is 4.27. The number of hydrogen-bond acceptors (Lipinski definition) is 4. The molecule has 1 amide bonds. The molecule has 0 spiro atoms. The Hall–Kier alpha value is -2.82. The molecule has 5 heteroatoms. The molecule has 2 rings (SSSR count). The lowest BCUT2D eigenvalue weighted by atomic mass is 9.85. The Morgan fingerprint density at radius 3 is 2.35 bits per heavy atom. The Morgan fingerprint density at radius 2 is 1.73 bits per heavy atom. The Morgan fingerprint density at radius 1 is 1.08 bits per heavy atom. The van der Waals surface area contributed by atoms with Gasteiger partial charge in [-0.3, -0.25) is 9.59 Å². The zero-order chi connectivity index (χ0) is 19.3. The van der Waals surface area contributed by atoms with Crippen LogP contribution >= 0.6 is 0 Å². The lowest BCUT2D eigenvalue weighted by molar-refractivity contribution is -0.158. The smallest absolute Gasteiger partial charge is 0.316 e. The molecule has 1 atom stereocenters. The maximum Gasteiger partial charge on any atom is 0.316 e. The van der Waals surface area contributed by atoms with Gasteiger partial charge in [0.1, 0.15) is 5.75 Å². The molecule has 0 saturated carbocycles. The van der Waals surface area contributed by atoms with Gasteiger partial charge in [0.25, 0.3) is 5.91 Å². The highest BCUT2D eigenvalue weighted by atomic mass is 16.5. The van der Waals surface area contributed by atoms with Crippen molar-refractivity contribution in [2.24, 2.45) is 0 Å². The second-order valence-electron chi connectivity index (χ2n) is 6.73. The first-order valence-electron chi connectivity index (χ1n) is 8.48. The molecule has 2 aromatic carbocycles. The second kappa shape index (κ2) is 8.04. The summed E-state index contributed by atoms with van der Waals surface area (Å²) in [5.41, 5.74) is 1.51. The highest BCUT2D eigenvalue weighted by Crippen LogP contribution is 2.27. The number of rotatable bonds is 6. The number of benzene rings is 2. The van der Waals surface area contributed by atoms with Gasteiger partial charge in [-0.25, -0.2) is 0 Å². The van der Waals surface area contributed by atoms with Crippen LogP contribution in [0.2, 0.25) is 0 Å². The topological polar surface area (TPSA) is 64.6 Å². The second-order valence-corrected chi connectivity index (χ2v) is 6.73. The average Bonchev–Trinajstić information content (AvgIpc) is 2.62. The fourth-order valence-electron chi connectivity index (χ4n) is 2.49. The van der Waals surface area contributed by atoms with Crippen LogP contribution in [-0.2, 0) is 19.7 Å². The van der Waals surface area contributed by atoms with Gasteiger partial charge in [0.05, 0.1) is 18.2 Å². The molecule has 0 aliphatic carbocycles. The summed E-state index contributed by atoms with van der Waals surface area (Å²) in [7, 11) is 1.53. The fourth-order valence-corrected chi connectivity index (χ4v) is 2.49. The van der Waals surface area contributed by atoms with Gasteiger partial charge in [0.15, 0.2) is 6.10 Å². The predicted molar refractivity (Wildman–Crippen MR) is 101 cm³/mol. The number of amides is 1. The van der Waals surface area contributed by atoms with Gasteiger partial charge < -0.3 is 14.8 Å². The number of nitrogens with one attached hydrogen (secondary N) is 1. The van der Waals surface area contributed by atoms with Crippen molar-refractivity contribution in [2.75, 3.05) is 12.4 Å². The third kappa shape index (κ3) is 4.42. The van der Waals surface area contributed by atoms with E-state index in [-0.39, 0.29) is 0 Å². The maximum atomic E-state index is 12.6. The maximum absolute atomic E-state index is 12.6. The Balaban J connectivity index is 2.07. The summed E-state index contributed by atoms with van der Waals surface area (Å²) >= 11 is 0. The van der Waals surface area contributed by atoms with Crippen molar-refractivity contribution < 1.29 is 19.1 Å². The zero-order valence-electron chi connectivity index (χ0n) is 15.8. The molecule has 0 saturated heterocycles. The van der Waals surface area contributed by atoms with E-state index in [0.29, 0.717) is 11.4 Å². The molecule has 0 aliphatic heterocycles. The van der Waals surface area contributed by atoms with Gasteiger partial charge in [-0.15, -0.1) is 0 Å². The summed E-state index contributed by atoms with van der Waals surface area (Å²) in [6.45, 7) is 7.02. The average molecular weight is 355 g/mol. The van der Waals surface area contributed by atoms with E-state index in [9.17, 15) is 9.59 Å². The van der Waals surface area contributed by atoms with E-state index < -0.39 is 23.4 Å².